The number of aliphatic carboxylic acids is 1. The molecule has 0 rings (SSSR count). The highest BCUT2D eigenvalue weighted by Gasteiger charge is 2.35. The molecular weight excluding hydrogens is 692 g/mol. The van der Waals surface area contributed by atoms with Gasteiger partial charge in [0.1, 0.15) is 42.3 Å². The van der Waals surface area contributed by atoms with Gasteiger partial charge in [-0.3, -0.25) is 38.4 Å². The molecule has 0 saturated carbocycles. The number of unbranched alkanes of at least 4 members (excludes halogenated alkanes) is 1. The summed E-state index contributed by atoms with van der Waals surface area (Å²) in [4.78, 5) is 113. The molecule has 0 bridgehead atoms. The molecule has 0 aromatic carbocycles. The van der Waals surface area contributed by atoms with E-state index in [1.807, 2.05) is 0 Å². The molecule has 22 nitrogen and oxygen atoms in total. The molecule has 0 aromatic heterocycles. The first-order chi connectivity index (χ1) is 24.2. The van der Waals surface area contributed by atoms with Crippen molar-refractivity contribution >= 4 is 53.2 Å². The summed E-state index contributed by atoms with van der Waals surface area (Å²) in [6.07, 6.45) is -0.511. The fourth-order valence-electron chi connectivity index (χ4n) is 4.50. The van der Waals surface area contributed by atoms with E-state index in [0.29, 0.717) is 19.4 Å². The molecule has 296 valence electrons. The fraction of sp³-hybridized carbons (Fsp3) is 0.700. The molecule has 0 heterocycles. The van der Waals surface area contributed by atoms with Gasteiger partial charge in [-0.2, -0.15) is 0 Å². The van der Waals surface area contributed by atoms with Crippen LogP contribution >= 0.6 is 0 Å². The van der Waals surface area contributed by atoms with Crippen LogP contribution in [0.15, 0.2) is 0 Å². The SMILES string of the molecule is CC(C)[C@H](NC(=O)[C@H](CC(N)=O)NC(=O)[C@H](CO)NC(=O)[C@@H](NC(=O)[C@H](CC(N)=O)NC(=O)[C@@H](N)CO)C(C)C)C(=O)N[C@@H](CCCCN)C(=O)O. The van der Waals surface area contributed by atoms with Gasteiger partial charge in [0, 0.05) is 0 Å². The van der Waals surface area contributed by atoms with E-state index < -0.39 is 133 Å². The van der Waals surface area contributed by atoms with Crippen molar-refractivity contribution in [3.63, 3.8) is 0 Å². The van der Waals surface area contributed by atoms with E-state index in [0.717, 1.165) is 0 Å². The number of carbonyl (C=O) groups is 9. The van der Waals surface area contributed by atoms with E-state index >= 15 is 0 Å². The lowest BCUT2D eigenvalue weighted by Gasteiger charge is -2.28. The Bertz CT molecular complexity index is 1280. The maximum atomic E-state index is 13.3. The number of primary amides is 2. The lowest BCUT2D eigenvalue weighted by atomic mass is 10.0. The van der Waals surface area contributed by atoms with Gasteiger partial charge in [-0.15, -0.1) is 0 Å². The van der Waals surface area contributed by atoms with Crippen LogP contribution in [-0.2, 0) is 43.2 Å². The van der Waals surface area contributed by atoms with Crippen molar-refractivity contribution in [2.75, 3.05) is 19.8 Å². The molecule has 22 heteroatoms. The zero-order valence-corrected chi connectivity index (χ0v) is 29.7. The number of hydrogen-bond acceptors (Lipinski definition) is 13. The van der Waals surface area contributed by atoms with Gasteiger partial charge in [0.2, 0.25) is 47.3 Å². The average molecular weight is 747 g/mol. The summed E-state index contributed by atoms with van der Waals surface area (Å²) in [7, 11) is 0. The smallest absolute Gasteiger partial charge is 0.326 e. The Kier molecular flexibility index (Phi) is 21.3. The van der Waals surface area contributed by atoms with Gasteiger partial charge < -0.3 is 70.2 Å². The van der Waals surface area contributed by atoms with Gasteiger partial charge in [0.25, 0.3) is 0 Å². The Balaban J connectivity index is 5.96. The summed E-state index contributed by atoms with van der Waals surface area (Å²) in [5.74, 6) is -10.9. The molecule has 0 spiro atoms. The van der Waals surface area contributed by atoms with Crippen LogP contribution in [0.4, 0.5) is 0 Å². The molecule has 52 heavy (non-hydrogen) atoms. The van der Waals surface area contributed by atoms with Crippen LogP contribution in [-0.4, -0.2) is 131 Å². The van der Waals surface area contributed by atoms with E-state index in [1.54, 1.807) is 13.8 Å². The normalized spacial score (nSPS) is 15.1. The summed E-state index contributed by atoms with van der Waals surface area (Å²) in [5, 5.41) is 42.2. The van der Waals surface area contributed by atoms with Crippen molar-refractivity contribution < 1.29 is 58.5 Å². The molecule has 0 aliphatic carbocycles. The third-order valence-corrected chi connectivity index (χ3v) is 7.48. The Morgan fingerprint density at radius 1 is 0.538 bits per heavy atom. The van der Waals surface area contributed by atoms with Crippen molar-refractivity contribution in [3.05, 3.63) is 0 Å². The summed E-state index contributed by atoms with van der Waals surface area (Å²) < 4.78 is 0. The number of amides is 8. The predicted molar refractivity (Wildman–Crippen MR) is 182 cm³/mol. The second kappa shape index (κ2) is 23.5. The first kappa shape index (κ1) is 47.1. The average Bonchev–Trinajstić information content (AvgIpc) is 3.05. The molecule has 17 N–H and O–H groups in total. The van der Waals surface area contributed by atoms with Gasteiger partial charge in [0.15, 0.2) is 0 Å². The highest BCUT2D eigenvalue weighted by Crippen LogP contribution is 2.08. The van der Waals surface area contributed by atoms with Gasteiger partial charge >= 0.3 is 5.97 Å². The molecular formula is C30H54N10O12. The van der Waals surface area contributed by atoms with Crippen molar-refractivity contribution in [2.24, 2.45) is 34.8 Å². The third kappa shape index (κ3) is 16.9. The van der Waals surface area contributed by atoms with Crippen LogP contribution in [0.25, 0.3) is 0 Å². The lowest BCUT2D eigenvalue weighted by molar-refractivity contribution is -0.143. The molecule has 0 fully saturated rings. The quantitative estimate of drug-likeness (QED) is 0.0387. The Morgan fingerprint density at radius 3 is 1.27 bits per heavy atom. The molecule has 0 radical (unpaired) electrons. The van der Waals surface area contributed by atoms with Crippen LogP contribution in [0, 0.1) is 11.8 Å². The van der Waals surface area contributed by atoms with Crippen molar-refractivity contribution in [2.45, 2.75) is 102 Å². The molecule has 7 atom stereocenters. The van der Waals surface area contributed by atoms with E-state index in [9.17, 15) is 53.4 Å². The van der Waals surface area contributed by atoms with Crippen LogP contribution in [0.3, 0.4) is 0 Å². The van der Waals surface area contributed by atoms with Gasteiger partial charge in [-0.25, -0.2) is 4.79 Å². The maximum Gasteiger partial charge on any atom is 0.326 e. The highest BCUT2D eigenvalue weighted by molar-refractivity contribution is 5.99. The second-order valence-corrected chi connectivity index (χ2v) is 12.6. The Hall–Kier alpha value is -4.93. The number of nitrogens with two attached hydrogens (primary N) is 4. The third-order valence-electron chi connectivity index (χ3n) is 7.48. The molecule has 0 saturated heterocycles. The van der Waals surface area contributed by atoms with Crippen LogP contribution < -0.4 is 54.8 Å². The number of hydrogen-bond donors (Lipinski definition) is 13. The minimum absolute atomic E-state index is 0.0663. The first-order valence-corrected chi connectivity index (χ1v) is 16.5. The predicted octanol–water partition coefficient (Wildman–Crippen LogP) is -6.52. The maximum absolute atomic E-state index is 13.3. The van der Waals surface area contributed by atoms with Crippen LogP contribution in [0.1, 0.15) is 59.8 Å². The van der Waals surface area contributed by atoms with E-state index in [2.05, 4.69) is 31.9 Å². The molecule has 0 aromatic rings. The standard InChI is InChI=1S/C30H54N10O12/c1-13(2)22(28(49)35-16(30(51)52)7-5-6-8-31)39-26(47)18(10-21(34)44)37-27(48)19(12-42)38-29(50)23(14(3)4)40-25(46)17(9-20(33)43)36-24(45)15(32)11-41/h13-19,22-23,41-42H,5-12,31-32H2,1-4H3,(H2,33,43)(H2,34,44)(H,35,49)(H,36,45)(H,37,48)(H,38,50)(H,39,47)(H,40,46)(H,51,52)/t15-,16-,17-,18-,19-,22-,23-/m0/s1. The minimum Gasteiger partial charge on any atom is -0.480 e. The number of carbonyl (C=O) groups excluding carboxylic acids is 8. The number of aliphatic hydroxyl groups excluding tert-OH is 2. The van der Waals surface area contributed by atoms with Gasteiger partial charge in [-0.1, -0.05) is 27.7 Å². The number of carboxylic acid groups (broad SMARTS) is 1. The molecule has 0 aliphatic heterocycles. The van der Waals surface area contributed by atoms with Gasteiger partial charge in [0.05, 0.1) is 26.1 Å². The Morgan fingerprint density at radius 2 is 0.923 bits per heavy atom. The minimum atomic E-state index is -1.77. The molecule has 8 amide bonds. The first-order valence-electron chi connectivity index (χ1n) is 16.5. The Labute approximate surface area is 300 Å². The number of aliphatic hydroxyl groups is 2. The molecule has 0 aliphatic rings. The van der Waals surface area contributed by atoms with Crippen molar-refractivity contribution in [3.8, 4) is 0 Å². The number of nitrogens with one attached hydrogen (secondary N) is 6. The van der Waals surface area contributed by atoms with E-state index in [4.69, 9.17) is 28.0 Å². The molecule has 0 unspecified atom stereocenters. The van der Waals surface area contributed by atoms with Crippen LogP contribution in [0.5, 0.6) is 0 Å². The summed E-state index contributed by atoms with van der Waals surface area (Å²) >= 11 is 0. The lowest BCUT2D eigenvalue weighted by Crippen LogP contribution is -2.62. The zero-order valence-electron chi connectivity index (χ0n) is 29.7. The fourth-order valence-corrected chi connectivity index (χ4v) is 4.50. The van der Waals surface area contributed by atoms with E-state index in [-0.39, 0.29) is 6.42 Å². The summed E-state index contributed by atoms with van der Waals surface area (Å²) in [6.45, 7) is 4.58. The highest BCUT2D eigenvalue weighted by atomic mass is 16.4. The summed E-state index contributed by atoms with van der Waals surface area (Å²) in [5.41, 5.74) is 21.3. The topological polar surface area (TPSA) is 391 Å². The number of rotatable bonds is 25. The second-order valence-electron chi connectivity index (χ2n) is 12.6. The number of carboxylic acids is 1. The zero-order chi connectivity index (χ0) is 40.3. The van der Waals surface area contributed by atoms with Crippen LogP contribution in [0.2, 0.25) is 0 Å². The summed E-state index contributed by atoms with van der Waals surface area (Å²) in [6, 6.07) is -10.6. The van der Waals surface area contributed by atoms with Crippen molar-refractivity contribution in [1.82, 2.24) is 31.9 Å². The monoisotopic (exact) mass is 746 g/mol. The van der Waals surface area contributed by atoms with E-state index in [1.165, 1.54) is 13.8 Å². The van der Waals surface area contributed by atoms with Crippen molar-refractivity contribution in [1.29, 1.82) is 0 Å². The van der Waals surface area contributed by atoms with Gasteiger partial charge in [-0.05, 0) is 37.6 Å². The largest absolute Gasteiger partial charge is 0.480 e.